The normalized spacial score (nSPS) is 11.7. The highest BCUT2D eigenvalue weighted by molar-refractivity contribution is 5.99. The predicted molar refractivity (Wildman–Crippen MR) is 102 cm³/mol. The Labute approximate surface area is 142 Å². The second-order valence-corrected chi connectivity index (χ2v) is 7.37. The van der Waals surface area contributed by atoms with Gasteiger partial charge in [0.1, 0.15) is 0 Å². The molecule has 0 spiro atoms. The summed E-state index contributed by atoms with van der Waals surface area (Å²) >= 11 is 0. The van der Waals surface area contributed by atoms with Crippen molar-refractivity contribution in [3.8, 4) is 0 Å². The number of nitrogens with zero attached hydrogens (tertiary/aromatic N) is 2. The monoisotopic (exact) mass is 321 g/mol. The molecule has 0 bridgehead atoms. The lowest BCUT2D eigenvalue weighted by molar-refractivity contribution is -0.123. The van der Waals surface area contributed by atoms with Crippen molar-refractivity contribution in [1.29, 1.82) is 0 Å². The molecule has 0 aliphatic carbocycles. The summed E-state index contributed by atoms with van der Waals surface area (Å²) in [6.07, 6.45) is 0. The molecular formula is C20H23N3O. The molecule has 3 rings (SSSR count). The maximum atomic E-state index is 12.2. The van der Waals surface area contributed by atoms with Gasteiger partial charge in [0.05, 0.1) is 11.0 Å². The molecule has 124 valence electrons. The molecule has 0 saturated carbocycles. The van der Waals surface area contributed by atoms with Gasteiger partial charge in [-0.25, -0.2) is 4.98 Å². The number of aromatic nitrogens is 1. The number of nitrogens with one attached hydrogen (secondary N) is 1. The molecule has 4 nitrogen and oxygen atoms in total. The van der Waals surface area contributed by atoms with Crippen molar-refractivity contribution in [2.24, 2.45) is 5.41 Å². The van der Waals surface area contributed by atoms with Crippen LogP contribution >= 0.6 is 0 Å². The fourth-order valence-corrected chi connectivity index (χ4v) is 2.49. The van der Waals surface area contributed by atoms with Gasteiger partial charge in [-0.3, -0.25) is 4.79 Å². The molecular weight excluding hydrogens is 298 g/mol. The summed E-state index contributed by atoms with van der Waals surface area (Å²) in [6, 6.07) is 14.2. The summed E-state index contributed by atoms with van der Waals surface area (Å²) in [7, 11) is 4.03. The first-order valence-electron chi connectivity index (χ1n) is 8.07. The molecule has 1 aromatic heterocycles. The average molecular weight is 321 g/mol. The Morgan fingerprint density at radius 3 is 2.21 bits per heavy atom. The highest BCUT2D eigenvalue weighted by Gasteiger charge is 2.21. The third kappa shape index (κ3) is 3.18. The predicted octanol–water partition coefficient (Wildman–Crippen LogP) is 4.44. The topological polar surface area (TPSA) is 45.2 Å². The van der Waals surface area contributed by atoms with E-state index < -0.39 is 5.41 Å². The van der Waals surface area contributed by atoms with Gasteiger partial charge in [-0.2, -0.15) is 0 Å². The van der Waals surface area contributed by atoms with Crippen LogP contribution in [0.15, 0.2) is 42.5 Å². The van der Waals surface area contributed by atoms with Crippen LogP contribution in [0.5, 0.6) is 0 Å². The van der Waals surface area contributed by atoms with Crippen molar-refractivity contribution < 1.29 is 4.79 Å². The van der Waals surface area contributed by atoms with Gasteiger partial charge in [0.25, 0.3) is 0 Å². The van der Waals surface area contributed by atoms with E-state index in [2.05, 4.69) is 34.5 Å². The molecule has 1 N–H and O–H groups in total. The lowest BCUT2D eigenvalue weighted by Gasteiger charge is -2.18. The fourth-order valence-electron chi connectivity index (χ4n) is 2.49. The molecule has 24 heavy (non-hydrogen) atoms. The highest BCUT2D eigenvalue weighted by Crippen LogP contribution is 2.26. The highest BCUT2D eigenvalue weighted by atomic mass is 16.2. The number of pyridine rings is 1. The number of fused-ring (bicyclic) bond motifs is 2. The SMILES string of the molecule is CN(C)c1ccc2cc3ccc(NC(=O)C(C)(C)C)cc3nc2c1. The Morgan fingerprint density at radius 2 is 1.58 bits per heavy atom. The van der Waals surface area contributed by atoms with Gasteiger partial charge in [-0.05, 0) is 30.3 Å². The summed E-state index contributed by atoms with van der Waals surface area (Å²) in [5.41, 5.74) is 3.30. The Morgan fingerprint density at radius 1 is 0.958 bits per heavy atom. The molecule has 0 aliphatic heterocycles. The van der Waals surface area contributed by atoms with Crippen LogP contribution < -0.4 is 10.2 Å². The third-order valence-electron chi connectivity index (χ3n) is 4.05. The zero-order valence-corrected chi connectivity index (χ0v) is 14.8. The van der Waals surface area contributed by atoms with E-state index in [1.54, 1.807) is 0 Å². The van der Waals surface area contributed by atoms with E-state index in [1.807, 2.05) is 53.1 Å². The fraction of sp³-hybridized carbons (Fsp3) is 0.300. The van der Waals surface area contributed by atoms with Gasteiger partial charge >= 0.3 is 0 Å². The molecule has 0 unspecified atom stereocenters. The standard InChI is InChI=1S/C20H23N3O/c1-20(2,3)19(24)21-15-8-6-13-10-14-7-9-16(23(4)5)12-18(14)22-17(13)11-15/h6-12H,1-5H3,(H,21,24). The van der Waals surface area contributed by atoms with Gasteiger partial charge in [-0.1, -0.05) is 32.9 Å². The summed E-state index contributed by atoms with van der Waals surface area (Å²) in [5, 5.41) is 5.14. The van der Waals surface area contributed by atoms with Crippen molar-refractivity contribution in [2.45, 2.75) is 20.8 Å². The molecule has 0 fully saturated rings. The minimum Gasteiger partial charge on any atom is -0.378 e. The molecule has 0 saturated heterocycles. The van der Waals surface area contributed by atoms with Crippen molar-refractivity contribution >= 4 is 39.1 Å². The van der Waals surface area contributed by atoms with E-state index in [9.17, 15) is 4.79 Å². The van der Waals surface area contributed by atoms with Crippen molar-refractivity contribution in [3.05, 3.63) is 42.5 Å². The first-order valence-corrected chi connectivity index (χ1v) is 8.07. The van der Waals surface area contributed by atoms with E-state index in [4.69, 9.17) is 4.98 Å². The molecule has 1 amide bonds. The van der Waals surface area contributed by atoms with Gasteiger partial charge in [0, 0.05) is 41.7 Å². The van der Waals surface area contributed by atoms with Crippen molar-refractivity contribution in [1.82, 2.24) is 4.98 Å². The van der Waals surface area contributed by atoms with Crippen LogP contribution in [0.2, 0.25) is 0 Å². The lowest BCUT2D eigenvalue weighted by atomic mass is 9.95. The van der Waals surface area contributed by atoms with Crippen LogP contribution in [0.1, 0.15) is 20.8 Å². The van der Waals surface area contributed by atoms with Gasteiger partial charge in [0.15, 0.2) is 0 Å². The second kappa shape index (κ2) is 5.78. The number of benzene rings is 2. The first-order chi connectivity index (χ1) is 11.2. The molecule has 4 heteroatoms. The molecule has 2 aromatic carbocycles. The Kier molecular flexibility index (Phi) is 3.91. The van der Waals surface area contributed by atoms with Crippen LogP contribution in [-0.2, 0) is 4.79 Å². The maximum absolute atomic E-state index is 12.2. The van der Waals surface area contributed by atoms with Crippen LogP contribution in [-0.4, -0.2) is 25.0 Å². The zero-order chi connectivity index (χ0) is 17.5. The first kappa shape index (κ1) is 16.2. The smallest absolute Gasteiger partial charge is 0.229 e. The number of hydrogen-bond donors (Lipinski definition) is 1. The number of hydrogen-bond acceptors (Lipinski definition) is 3. The Balaban J connectivity index is 2.04. The number of carbonyl (C=O) groups excluding carboxylic acids is 1. The lowest BCUT2D eigenvalue weighted by Crippen LogP contribution is -2.27. The number of anilines is 2. The van der Waals surface area contributed by atoms with E-state index >= 15 is 0 Å². The second-order valence-electron chi connectivity index (χ2n) is 7.37. The number of amides is 1. The summed E-state index contributed by atoms with van der Waals surface area (Å²) in [6.45, 7) is 5.70. The van der Waals surface area contributed by atoms with Crippen LogP contribution in [0.25, 0.3) is 21.8 Å². The quantitative estimate of drug-likeness (QED) is 0.710. The number of rotatable bonds is 2. The van der Waals surface area contributed by atoms with Gasteiger partial charge in [0.2, 0.25) is 5.91 Å². The van der Waals surface area contributed by atoms with Gasteiger partial charge in [-0.15, -0.1) is 0 Å². The maximum Gasteiger partial charge on any atom is 0.229 e. The number of carbonyl (C=O) groups is 1. The van der Waals surface area contributed by atoms with E-state index in [-0.39, 0.29) is 5.91 Å². The van der Waals surface area contributed by atoms with E-state index in [0.29, 0.717) is 0 Å². The summed E-state index contributed by atoms with van der Waals surface area (Å²) < 4.78 is 0. The molecule has 0 radical (unpaired) electrons. The summed E-state index contributed by atoms with van der Waals surface area (Å²) in [5.74, 6) is -0.00228. The van der Waals surface area contributed by atoms with Crippen LogP contribution in [0.3, 0.4) is 0 Å². The molecule has 0 aliphatic rings. The minimum absolute atomic E-state index is 0.00228. The summed E-state index contributed by atoms with van der Waals surface area (Å²) in [4.78, 5) is 19.0. The van der Waals surface area contributed by atoms with Crippen molar-refractivity contribution in [2.75, 3.05) is 24.3 Å². The van der Waals surface area contributed by atoms with E-state index in [1.165, 1.54) is 0 Å². The Hall–Kier alpha value is -2.62. The average Bonchev–Trinajstić information content (AvgIpc) is 2.51. The molecule has 0 atom stereocenters. The largest absolute Gasteiger partial charge is 0.378 e. The van der Waals surface area contributed by atoms with E-state index in [0.717, 1.165) is 33.2 Å². The molecule has 1 heterocycles. The zero-order valence-electron chi connectivity index (χ0n) is 14.8. The minimum atomic E-state index is -0.424. The van der Waals surface area contributed by atoms with Crippen LogP contribution in [0, 0.1) is 5.41 Å². The van der Waals surface area contributed by atoms with Crippen LogP contribution in [0.4, 0.5) is 11.4 Å². The third-order valence-corrected chi connectivity index (χ3v) is 4.05. The Bertz CT molecular complexity index is 923. The van der Waals surface area contributed by atoms with Gasteiger partial charge < -0.3 is 10.2 Å². The molecule has 3 aromatic rings. The van der Waals surface area contributed by atoms with Crippen molar-refractivity contribution in [3.63, 3.8) is 0 Å².